The average Bonchev–Trinajstić information content (AvgIpc) is 2.67. The smallest absolute Gasteiger partial charge is 0.324 e. The van der Waals surface area contributed by atoms with Crippen LogP contribution in [0.1, 0.15) is 10.4 Å². The maximum Gasteiger partial charge on any atom is 0.324 e. The van der Waals surface area contributed by atoms with Gasteiger partial charge in [0, 0.05) is 13.1 Å². The summed E-state index contributed by atoms with van der Waals surface area (Å²) in [5.41, 5.74) is 0.0683. The van der Waals surface area contributed by atoms with Gasteiger partial charge in [0.25, 0.3) is 5.91 Å². The minimum Gasteiger partial charge on any atom is -0.336 e. The number of carbonyl (C=O) groups excluding carboxylic acids is 2. The molecule has 0 unspecified atom stereocenters. The minimum absolute atomic E-state index is 0.0485. The molecule has 1 aromatic heterocycles. The summed E-state index contributed by atoms with van der Waals surface area (Å²) in [7, 11) is 0. The molecule has 0 bridgehead atoms. The van der Waals surface area contributed by atoms with Gasteiger partial charge in [-0.3, -0.25) is 9.69 Å². The summed E-state index contributed by atoms with van der Waals surface area (Å²) in [6, 6.07) is 0.833. The van der Waals surface area contributed by atoms with Crippen LogP contribution < -0.4 is 5.32 Å². The Balaban J connectivity index is 2.33. The van der Waals surface area contributed by atoms with E-state index >= 15 is 0 Å². The fourth-order valence-corrected chi connectivity index (χ4v) is 1.63. The van der Waals surface area contributed by atoms with Gasteiger partial charge in [-0.1, -0.05) is 23.2 Å². The molecule has 1 aliphatic rings. The highest BCUT2D eigenvalue weighted by Gasteiger charge is 2.29. The first-order chi connectivity index (χ1) is 7.59. The number of carbonyl (C=O) groups is 2. The quantitative estimate of drug-likeness (QED) is 0.816. The Morgan fingerprint density at radius 3 is 2.81 bits per heavy atom. The standard InChI is InChI=1S/C8H6Cl2N4O2/c9-5-3-4(6(10)13-12-5)7(15)14-2-1-11-8(14)16/h3H,1-2H2,(H,11,16). The Morgan fingerprint density at radius 1 is 1.44 bits per heavy atom. The normalized spacial score (nSPS) is 15.1. The molecular weight excluding hydrogens is 255 g/mol. The summed E-state index contributed by atoms with van der Waals surface area (Å²) in [5, 5.41) is 9.46. The van der Waals surface area contributed by atoms with E-state index in [9.17, 15) is 9.59 Å². The van der Waals surface area contributed by atoms with Gasteiger partial charge >= 0.3 is 6.03 Å². The first-order valence-corrected chi connectivity index (χ1v) is 5.13. The maximum absolute atomic E-state index is 11.9. The summed E-state index contributed by atoms with van der Waals surface area (Å²) in [6.07, 6.45) is 0. The van der Waals surface area contributed by atoms with Crippen molar-refractivity contribution in [1.29, 1.82) is 0 Å². The van der Waals surface area contributed by atoms with Gasteiger partial charge in [-0.05, 0) is 6.07 Å². The molecule has 2 rings (SSSR count). The van der Waals surface area contributed by atoms with Gasteiger partial charge in [-0.25, -0.2) is 4.79 Å². The van der Waals surface area contributed by atoms with Crippen LogP contribution in [0.2, 0.25) is 10.3 Å². The molecule has 84 valence electrons. The number of rotatable bonds is 1. The predicted molar refractivity (Wildman–Crippen MR) is 56.5 cm³/mol. The van der Waals surface area contributed by atoms with Gasteiger partial charge in [-0.15, -0.1) is 10.2 Å². The van der Waals surface area contributed by atoms with Gasteiger partial charge in [-0.2, -0.15) is 0 Å². The Hall–Kier alpha value is -1.40. The lowest BCUT2D eigenvalue weighted by Gasteiger charge is -2.12. The summed E-state index contributed by atoms with van der Waals surface area (Å²) in [5.74, 6) is -0.531. The van der Waals surface area contributed by atoms with E-state index in [1.807, 2.05) is 0 Å². The highest BCUT2D eigenvalue weighted by Crippen LogP contribution is 2.18. The molecule has 6 nitrogen and oxygen atoms in total. The van der Waals surface area contributed by atoms with Crippen LogP contribution in [0.3, 0.4) is 0 Å². The van der Waals surface area contributed by atoms with Gasteiger partial charge in [0.1, 0.15) is 0 Å². The molecule has 2 heterocycles. The van der Waals surface area contributed by atoms with Crippen LogP contribution in [0, 0.1) is 0 Å². The molecule has 3 amide bonds. The van der Waals surface area contributed by atoms with Crippen molar-refractivity contribution in [3.05, 3.63) is 21.9 Å². The molecule has 1 aromatic rings. The number of amides is 3. The fourth-order valence-electron chi connectivity index (χ4n) is 1.31. The van der Waals surface area contributed by atoms with Crippen LogP contribution in [0.5, 0.6) is 0 Å². The second-order valence-electron chi connectivity index (χ2n) is 3.06. The fraction of sp³-hybridized carbons (Fsp3) is 0.250. The highest BCUT2D eigenvalue weighted by molar-refractivity contribution is 6.34. The van der Waals surface area contributed by atoms with Crippen LogP contribution in [0.15, 0.2) is 6.07 Å². The van der Waals surface area contributed by atoms with Crippen molar-refractivity contribution >= 4 is 35.1 Å². The number of urea groups is 1. The van der Waals surface area contributed by atoms with Crippen molar-refractivity contribution in [2.45, 2.75) is 0 Å². The number of nitrogens with one attached hydrogen (secondary N) is 1. The monoisotopic (exact) mass is 260 g/mol. The number of nitrogens with zero attached hydrogens (tertiary/aromatic N) is 3. The van der Waals surface area contributed by atoms with Gasteiger partial charge in [0.05, 0.1) is 5.56 Å². The molecule has 16 heavy (non-hydrogen) atoms. The van der Waals surface area contributed by atoms with Gasteiger partial charge in [0.2, 0.25) is 0 Å². The second kappa shape index (κ2) is 4.23. The third-order valence-electron chi connectivity index (χ3n) is 2.05. The van der Waals surface area contributed by atoms with Crippen LogP contribution in [0.4, 0.5) is 4.79 Å². The van der Waals surface area contributed by atoms with Crippen molar-refractivity contribution in [3.63, 3.8) is 0 Å². The summed E-state index contributed by atoms with van der Waals surface area (Å²) in [6.45, 7) is 0.725. The number of hydrogen-bond donors (Lipinski definition) is 1. The molecule has 0 radical (unpaired) electrons. The zero-order valence-corrected chi connectivity index (χ0v) is 9.42. The van der Waals surface area contributed by atoms with Crippen molar-refractivity contribution in [2.24, 2.45) is 0 Å². The molecular formula is C8H6Cl2N4O2. The van der Waals surface area contributed by atoms with Crippen molar-refractivity contribution in [1.82, 2.24) is 20.4 Å². The second-order valence-corrected chi connectivity index (χ2v) is 3.81. The lowest BCUT2D eigenvalue weighted by Crippen LogP contribution is -2.34. The van der Waals surface area contributed by atoms with Crippen molar-refractivity contribution in [2.75, 3.05) is 13.1 Å². The Kier molecular flexibility index (Phi) is 2.93. The predicted octanol–water partition coefficient (Wildman–Crippen LogP) is 0.949. The molecule has 8 heteroatoms. The van der Waals surface area contributed by atoms with Crippen LogP contribution >= 0.6 is 23.2 Å². The number of imide groups is 1. The van der Waals surface area contributed by atoms with E-state index in [1.54, 1.807) is 0 Å². The Labute approximate surface area is 101 Å². The molecule has 0 spiro atoms. The molecule has 0 aromatic carbocycles. The molecule has 1 fully saturated rings. The number of hydrogen-bond acceptors (Lipinski definition) is 4. The van der Waals surface area contributed by atoms with Gasteiger partial charge in [0.15, 0.2) is 10.3 Å². The van der Waals surface area contributed by atoms with E-state index in [0.717, 1.165) is 4.90 Å². The zero-order chi connectivity index (χ0) is 11.7. The Bertz CT molecular complexity index is 465. The lowest BCUT2D eigenvalue weighted by molar-refractivity contribution is 0.0829. The third-order valence-corrected chi connectivity index (χ3v) is 2.52. The molecule has 0 saturated carbocycles. The average molecular weight is 261 g/mol. The number of halogens is 2. The maximum atomic E-state index is 11.9. The van der Waals surface area contributed by atoms with Crippen LogP contribution in [0.25, 0.3) is 0 Å². The van der Waals surface area contributed by atoms with Crippen molar-refractivity contribution < 1.29 is 9.59 Å². The van der Waals surface area contributed by atoms with Crippen LogP contribution in [-0.4, -0.2) is 40.1 Å². The Morgan fingerprint density at radius 2 is 2.19 bits per heavy atom. The minimum atomic E-state index is -0.531. The topological polar surface area (TPSA) is 75.2 Å². The van der Waals surface area contributed by atoms with E-state index in [-0.39, 0.29) is 15.9 Å². The summed E-state index contributed by atoms with van der Waals surface area (Å²) < 4.78 is 0. The first kappa shape index (κ1) is 11.1. The summed E-state index contributed by atoms with van der Waals surface area (Å²) in [4.78, 5) is 24.2. The van der Waals surface area contributed by atoms with Crippen molar-refractivity contribution in [3.8, 4) is 0 Å². The largest absolute Gasteiger partial charge is 0.336 e. The number of aromatic nitrogens is 2. The molecule has 0 atom stereocenters. The lowest BCUT2D eigenvalue weighted by atomic mass is 10.3. The molecule has 0 aliphatic carbocycles. The third kappa shape index (κ3) is 1.94. The SMILES string of the molecule is O=C1NCCN1C(=O)c1cc(Cl)nnc1Cl. The van der Waals surface area contributed by atoms with Crippen LogP contribution in [-0.2, 0) is 0 Å². The van der Waals surface area contributed by atoms with E-state index < -0.39 is 11.9 Å². The van der Waals surface area contributed by atoms with Gasteiger partial charge < -0.3 is 5.32 Å². The zero-order valence-electron chi connectivity index (χ0n) is 7.91. The molecule has 1 saturated heterocycles. The highest BCUT2D eigenvalue weighted by atomic mass is 35.5. The van der Waals surface area contributed by atoms with E-state index in [0.29, 0.717) is 13.1 Å². The van der Waals surface area contributed by atoms with E-state index in [1.165, 1.54) is 6.07 Å². The summed E-state index contributed by atoms with van der Waals surface area (Å²) >= 11 is 11.3. The molecule has 1 N–H and O–H groups in total. The van der Waals surface area contributed by atoms with E-state index in [2.05, 4.69) is 15.5 Å². The first-order valence-electron chi connectivity index (χ1n) is 4.38. The molecule has 1 aliphatic heterocycles. The van der Waals surface area contributed by atoms with E-state index in [4.69, 9.17) is 23.2 Å².